The maximum absolute atomic E-state index is 15.9. The third kappa shape index (κ3) is 2.90. The van der Waals surface area contributed by atoms with Gasteiger partial charge in [0.05, 0.1) is 16.5 Å². The van der Waals surface area contributed by atoms with E-state index in [1.165, 1.54) is 28.7 Å². The van der Waals surface area contributed by atoms with Crippen LogP contribution in [0.15, 0.2) is 57.4 Å². The second-order valence-electron chi connectivity index (χ2n) is 11.7. The predicted molar refractivity (Wildman–Crippen MR) is 162 cm³/mol. The normalized spacial score (nSPS) is 17.2. The van der Waals surface area contributed by atoms with Gasteiger partial charge in [-0.25, -0.2) is 40.1 Å². The van der Waals surface area contributed by atoms with Gasteiger partial charge in [-0.3, -0.25) is 0 Å². The number of halogens is 8. The Labute approximate surface area is 272 Å². The van der Waals surface area contributed by atoms with Crippen LogP contribution in [0.1, 0.15) is 22.3 Å². The molecule has 0 aliphatic carbocycles. The van der Waals surface area contributed by atoms with Gasteiger partial charge in [-0.1, -0.05) is 40.0 Å². The Balaban J connectivity index is 1.55. The fraction of sp³-hybridized carbons (Fsp3) is 0. The lowest BCUT2D eigenvalue weighted by atomic mass is 9.75. The average molecular weight is 680 g/mol. The zero-order chi connectivity index (χ0) is 34.7. The van der Waals surface area contributed by atoms with E-state index in [-0.39, 0.29) is 38.6 Å². The van der Waals surface area contributed by atoms with Crippen molar-refractivity contribution < 1.29 is 44.3 Å². The summed E-state index contributed by atoms with van der Waals surface area (Å²) in [5, 5.41) is -1.42. The summed E-state index contributed by atoms with van der Waals surface area (Å²) in [6.45, 7) is -3.55. The Morgan fingerprint density at radius 2 is 1.14 bits per heavy atom. The van der Waals surface area contributed by atoms with E-state index in [4.69, 9.17) is 17.5 Å². The summed E-state index contributed by atoms with van der Waals surface area (Å²) in [5.41, 5.74) is -1.62. The van der Waals surface area contributed by atoms with E-state index in [1.807, 2.05) is 0 Å². The van der Waals surface area contributed by atoms with Gasteiger partial charge in [0.1, 0.15) is 22.4 Å². The predicted octanol–water partition coefficient (Wildman–Crippen LogP) is 5.34. The number of nitrogens with zero attached hydrogens (tertiary/aromatic N) is 6. The number of rotatable bonds is 2. The minimum absolute atomic E-state index is 0.0578. The molecule has 16 heteroatoms. The van der Waals surface area contributed by atoms with Crippen molar-refractivity contribution in [2.24, 2.45) is 15.0 Å². The maximum atomic E-state index is 15.9. The molecule has 6 heterocycles. The first-order chi connectivity index (χ1) is 24.0. The largest absolute Gasteiger partial charge is 0.648 e. The minimum Gasteiger partial charge on any atom is -0.648 e. The van der Waals surface area contributed by atoms with Gasteiger partial charge < -0.3 is 18.1 Å². The lowest BCUT2D eigenvalue weighted by Gasteiger charge is -2.47. The fourth-order valence-corrected chi connectivity index (χ4v) is 7.46. The van der Waals surface area contributed by atoms with Gasteiger partial charge in [0, 0.05) is 21.9 Å². The van der Waals surface area contributed by atoms with Crippen molar-refractivity contribution in [3.8, 4) is 30.4 Å². The van der Waals surface area contributed by atoms with Gasteiger partial charge >= 0.3 is 6.75 Å². The second kappa shape index (κ2) is 8.86. The molecule has 4 aliphatic rings. The molecule has 0 amide bonds. The van der Waals surface area contributed by atoms with Gasteiger partial charge in [0.15, 0.2) is 57.8 Å². The summed E-state index contributed by atoms with van der Waals surface area (Å²) < 4.78 is 134. The molecule has 10 rings (SSSR count). The summed E-state index contributed by atoms with van der Waals surface area (Å²) in [7, 11) is 0. The molecule has 240 valence electrons. The van der Waals surface area contributed by atoms with Crippen molar-refractivity contribution in [2.75, 3.05) is 0 Å². The fourth-order valence-electron chi connectivity index (χ4n) is 7.46. The molecule has 0 saturated carbocycles. The second-order valence-corrected chi connectivity index (χ2v) is 11.7. The highest BCUT2D eigenvalue weighted by Gasteiger charge is 2.61. The highest BCUT2D eigenvalue weighted by atomic mass is 19.2. The van der Waals surface area contributed by atoms with Crippen molar-refractivity contribution in [1.29, 1.82) is 0 Å². The summed E-state index contributed by atoms with van der Waals surface area (Å²) in [6.07, 6.45) is 11.5. The molecule has 1 atom stereocenters. The van der Waals surface area contributed by atoms with Crippen LogP contribution in [0, 0.1) is 71.2 Å². The van der Waals surface area contributed by atoms with E-state index in [2.05, 4.69) is 26.8 Å². The molecule has 7 nitrogen and oxygen atoms in total. The van der Waals surface area contributed by atoms with Gasteiger partial charge in [-0.05, 0) is 24.3 Å². The van der Waals surface area contributed by atoms with Gasteiger partial charge in [0.25, 0.3) is 0 Å². The van der Waals surface area contributed by atoms with E-state index in [0.717, 1.165) is 8.96 Å². The average Bonchev–Trinajstić information content (AvgIpc) is 3.76. The number of fused-ring (bicyclic) bond motifs is 9. The van der Waals surface area contributed by atoms with Crippen LogP contribution >= 0.6 is 0 Å². The van der Waals surface area contributed by atoms with Crippen LogP contribution in [0.3, 0.4) is 0 Å². The van der Waals surface area contributed by atoms with Gasteiger partial charge in [-0.15, -0.1) is 12.8 Å². The third-order valence-electron chi connectivity index (χ3n) is 9.43. The highest BCUT2D eigenvalue weighted by molar-refractivity contribution is 6.69. The van der Waals surface area contributed by atoms with Crippen LogP contribution in [0.2, 0.25) is 0 Å². The lowest BCUT2D eigenvalue weighted by molar-refractivity contribution is -0.291. The van der Waals surface area contributed by atoms with E-state index in [1.54, 1.807) is 18.2 Å². The van der Waals surface area contributed by atoms with E-state index >= 15 is 17.6 Å². The Bertz CT molecular complexity index is 3030. The van der Waals surface area contributed by atoms with Crippen molar-refractivity contribution in [3.63, 3.8) is 0 Å². The number of aliphatic imine (C=N–C) groups is 1. The first kappa shape index (κ1) is 28.3. The molecule has 1 unspecified atom stereocenters. The molecule has 6 aromatic rings. The number of amidine groups is 2. The van der Waals surface area contributed by atoms with Crippen LogP contribution in [0.4, 0.5) is 46.8 Å². The smallest absolute Gasteiger partial charge is 0.568 e. The first-order valence-corrected chi connectivity index (χ1v) is 14.6. The lowest BCUT2D eigenvalue weighted by Crippen LogP contribution is -2.75. The molecular formula is C34H9BF8N6O. The van der Waals surface area contributed by atoms with Crippen LogP contribution in [0.5, 0.6) is 5.75 Å². The van der Waals surface area contributed by atoms with Gasteiger partial charge in [-0.2, -0.15) is 0 Å². The highest BCUT2D eigenvalue weighted by Crippen LogP contribution is 2.50. The van der Waals surface area contributed by atoms with Crippen LogP contribution in [-0.2, 0) is 0 Å². The van der Waals surface area contributed by atoms with E-state index in [9.17, 15) is 17.6 Å². The molecule has 2 aromatic heterocycles. The number of hydrogen-bond donors (Lipinski definition) is 0. The molecule has 0 spiro atoms. The number of benzene rings is 4. The molecule has 0 bridgehead atoms. The van der Waals surface area contributed by atoms with Crippen LogP contribution in [-0.4, -0.2) is 31.9 Å². The van der Waals surface area contributed by atoms with Gasteiger partial charge in [0.2, 0.25) is 11.7 Å². The van der Waals surface area contributed by atoms with Crippen molar-refractivity contribution >= 4 is 51.6 Å². The topological polar surface area (TPSA) is 59.2 Å². The quantitative estimate of drug-likeness (QED) is 0.0802. The van der Waals surface area contributed by atoms with E-state index in [0.29, 0.717) is 0 Å². The summed E-state index contributed by atoms with van der Waals surface area (Å²) in [5.74, 6) is -13.7. The van der Waals surface area contributed by atoms with Crippen molar-refractivity contribution in [3.05, 3.63) is 122 Å². The molecule has 4 aliphatic heterocycles. The van der Waals surface area contributed by atoms with Crippen LogP contribution in [0.25, 0.3) is 21.5 Å². The summed E-state index contributed by atoms with van der Waals surface area (Å²) >= 11 is 0. The molecule has 0 fully saturated rings. The molecule has 0 radical (unpaired) electrons. The SMILES string of the molecule is C#Cc1cc2c3n4c(c2cc1C#C)=Nc1c2c(F)c(F)c(F)c(F)c2c2n1[B-]4(Oc1ccccc1)[N+]1=C(N=3)c3c(F)c(F)c(F)c(F)c3C1=N2. The molecule has 4 aromatic carbocycles. The van der Waals surface area contributed by atoms with Crippen molar-refractivity contribution in [2.45, 2.75) is 0 Å². The first-order valence-electron chi connectivity index (χ1n) is 14.6. The summed E-state index contributed by atoms with van der Waals surface area (Å²) in [6, 6.07) is 10.6. The molecule has 0 saturated heterocycles. The number of hydrogen-bond acceptors (Lipinski definition) is 4. The Kier molecular flexibility index (Phi) is 5.02. The van der Waals surface area contributed by atoms with E-state index < -0.39 is 98.5 Å². The number of para-hydroxylation sites is 1. The molecular weight excluding hydrogens is 671 g/mol. The maximum Gasteiger partial charge on any atom is 0.568 e. The Morgan fingerprint density at radius 1 is 0.620 bits per heavy atom. The zero-order valence-electron chi connectivity index (χ0n) is 24.4. The Morgan fingerprint density at radius 3 is 1.72 bits per heavy atom. The Hall–Kier alpha value is -6.68. The monoisotopic (exact) mass is 680 g/mol. The third-order valence-corrected chi connectivity index (χ3v) is 9.43. The minimum atomic E-state index is -3.55. The zero-order valence-corrected chi connectivity index (χ0v) is 24.4. The number of terminal acetylenes is 2. The molecule has 0 N–H and O–H groups in total. The number of aromatic nitrogens is 2. The van der Waals surface area contributed by atoms with Crippen molar-refractivity contribution in [1.82, 2.24) is 8.96 Å². The van der Waals surface area contributed by atoms with Crippen LogP contribution < -0.4 is 15.6 Å². The summed E-state index contributed by atoms with van der Waals surface area (Å²) in [4.78, 5) is 13.5. The molecule has 50 heavy (non-hydrogen) atoms. The standard InChI is InChI=1S/C34H9BF8N6O/c1-3-12-10-15-16(11-13(12)4-2)30-45-32-18-20(24(39)28(43)26(41)22(18)37)34-46-33-19-17(21(36)25(40)27(42)23(19)38)31-44-29(15)47(30)35(48(31)33,49(32)34)50-14-8-6-5-7-9-14/h1-2,5-11H.